The molecule has 1 heterocycles. The molecule has 0 aromatic rings. The second kappa shape index (κ2) is 8.35. The van der Waals surface area contributed by atoms with Gasteiger partial charge in [0.2, 0.25) is 0 Å². The Morgan fingerprint density at radius 2 is 2.00 bits per heavy atom. The molecule has 0 amide bonds. The lowest BCUT2D eigenvalue weighted by atomic mass is 9.90. The van der Waals surface area contributed by atoms with Crippen LogP contribution in [0.2, 0.25) is 0 Å². The lowest BCUT2D eigenvalue weighted by Gasteiger charge is -2.18. The Bertz CT molecular complexity index is 582. The number of epoxide rings is 1. The average molecular weight is 347 g/mol. The monoisotopic (exact) mass is 346 g/mol. The third kappa shape index (κ3) is 5.85. The topological polar surface area (TPSA) is 38.8 Å². The molecule has 1 saturated heterocycles. The minimum Gasteiger partial charge on any atom is -0.458 e. The maximum atomic E-state index is 11.5. The van der Waals surface area contributed by atoms with Crippen molar-refractivity contribution in [3.05, 3.63) is 34.9 Å². The van der Waals surface area contributed by atoms with E-state index in [4.69, 9.17) is 9.47 Å². The summed E-state index contributed by atoms with van der Waals surface area (Å²) in [5, 5.41) is 0. The van der Waals surface area contributed by atoms with E-state index >= 15 is 0 Å². The summed E-state index contributed by atoms with van der Waals surface area (Å²) in [6.45, 7) is 12.4. The van der Waals surface area contributed by atoms with Gasteiger partial charge in [-0.15, -0.1) is 0 Å². The molecule has 0 aromatic heterocycles. The first-order valence-electron chi connectivity index (χ1n) is 9.59. The van der Waals surface area contributed by atoms with Crippen molar-refractivity contribution in [2.45, 2.75) is 91.5 Å². The molecule has 140 valence electrons. The minimum absolute atomic E-state index is 0.0530. The van der Waals surface area contributed by atoms with Gasteiger partial charge in [0.25, 0.3) is 0 Å². The Kier molecular flexibility index (Phi) is 6.67. The Balaban J connectivity index is 2.26. The van der Waals surface area contributed by atoms with E-state index in [0.717, 1.165) is 37.7 Å². The Hall–Kier alpha value is -1.35. The van der Waals surface area contributed by atoms with E-state index in [1.807, 2.05) is 0 Å². The van der Waals surface area contributed by atoms with Crippen molar-refractivity contribution in [2.75, 3.05) is 0 Å². The van der Waals surface area contributed by atoms with E-state index in [2.05, 4.69) is 52.8 Å². The van der Waals surface area contributed by atoms with Crippen LogP contribution < -0.4 is 0 Å². The van der Waals surface area contributed by atoms with Crippen LogP contribution in [0.3, 0.4) is 0 Å². The number of ether oxygens (including phenoxy) is 2. The summed E-state index contributed by atoms with van der Waals surface area (Å²) < 4.78 is 11.6. The van der Waals surface area contributed by atoms with Crippen molar-refractivity contribution >= 4 is 5.97 Å². The van der Waals surface area contributed by atoms with Crippen LogP contribution in [0, 0.1) is 5.92 Å². The fourth-order valence-electron chi connectivity index (χ4n) is 3.47. The molecule has 3 nitrogen and oxygen atoms in total. The zero-order valence-electron chi connectivity index (χ0n) is 16.7. The average Bonchev–Trinajstić information content (AvgIpc) is 3.18. The van der Waals surface area contributed by atoms with Gasteiger partial charge in [0.1, 0.15) is 6.10 Å². The van der Waals surface area contributed by atoms with Crippen molar-refractivity contribution < 1.29 is 14.3 Å². The van der Waals surface area contributed by atoms with Crippen molar-refractivity contribution in [1.29, 1.82) is 0 Å². The zero-order chi connectivity index (χ0) is 18.6. The highest BCUT2D eigenvalue weighted by molar-refractivity contribution is 5.66. The predicted octanol–water partition coefficient (Wildman–Crippen LogP) is 5.51. The van der Waals surface area contributed by atoms with Crippen LogP contribution in [0.4, 0.5) is 0 Å². The summed E-state index contributed by atoms with van der Waals surface area (Å²) in [5.74, 6) is 0.284. The molecule has 1 fully saturated rings. The van der Waals surface area contributed by atoms with Gasteiger partial charge in [-0.3, -0.25) is 4.79 Å². The first-order chi connectivity index (χ1) is 11.7. The minimum atomic E-state index is -0.222. The molecular formula is C22H34O3. The van der Waals surface area contributed by atoms with Crippen LogP contribution in [-0.4, -0.2) is 23.8 Å². The highest BCUT2D eigenvalue weighted by atomic mass is 16.6. The maximum absolute atomic E-state index is 11.5. The Morgan fingerprint density at radius 3 is 2.64 bits per heavy atom. The van der Waals surface area contributed by atoms with Gasteiger partial charge in [0, 0.05) is 13.3 Å². The predicted molar refractivity (Wildman–Crippen MR) is 102 cm³/mol. The molecule has 0 aromatic carbocycles. The fourth-order valence-corrected chi connectivity index (χ4v) is 3.47. The van der Waals surface area contributed by atoms with Gasteiger partial charge in [0.15, 0.2) is 0 Å². The summed E-state index contributed by atoms with van der Waals surface area (Å²) >= 11 is 0. The zero-order valence-corrected chi connectivity index (χ0v) is 16.7. The third-order valence-corrected chi connectivity index (χ3v) is 5.54. The number of esters is 1. The van der Waals surface area contributed by atoms with Crippen LogP contribution in [0.1, 0.15) is 73.6 Å². The van der Waals surface area contributed by atoms with Crippen LogP contribution in [0.5, 0.6) is 0 Å². The van der Waals surface area contributed by atoms with Crippen LogP contribution in [0.25, 0.3) is 0 Å². The van der Waals surface area contributed by atoms with Gasteiger partial charge in [0.05, 0.1) is 11.7 Å². The second-order valence-electron chi connectivity index (χ2n) is 8.15. The van der Waals surface area contributed by atoms with Crippen molar-refractivity contribution in [3.8, 4) is 0 Å². The standard InChI is InChI=1S/C22H34O3/c1-15(2)19-10-9-17(4)20(24-18(5)23)11-7-16(3)8-12-21-22(6,25-21)14-13-19/h7,9-10,15,20-21H,8,11-14H2,1-6H3/b16-7+,17-9-,19-10-. The largest absolute Gasteiger partial charge is 0.458 e. The SMILES string of the molecule is CC(=O)OC1C/C=C(\C)CCC2OC2(C)CC/C(C(C)C)=C/C=C\1C. The summed E-state index contributed by atoms with van der Waals surface area (Å²) in [7, 11) is 0. The van der Waals surface area contributed by atoms with Gasteiger partial charge in [-0.05, 0) is 57.9 Å². The first-order valence-corrected chi connectivity index (χ1v) is 9.59. The molecule has 1 aliphatic carbocycles. The van der Waals surface area contributed by atoms with Crippen LogP contribution >= 0.6 is 0 Å². The number of carbonyl (C=O) groups excluding carboxylic acids is 1. The van der Waals surface area contributed by atoms with Crippen molar-refractivity contribution in [2.24, 2.45) is 5.92 Å². The normalized spacial score (nSPS) is 37.5. The van der Waals surface area contributed by atoms with Gasteiger partial charge in [-0.25, -0.2) is 0 Å². The summed E-state index contributed by atoms with van der Waals surface area (Å²) in [6, 6.07) is 0. The van der Waals surface area contributed by atoms with Gasteiger partial charge >= 0.3 is 5.97 Å². The van der Waals surface area contributed by atoms with Crippen LogP contribution in [0.15, 0.2) is 34.9 Å². The van der Waals surface area contributed by atoms with E-state index in [1.165, 1.54) is 18.1 Å². The Labute approximate surface area is 153 Å². The molecule has 0 radical (unpaired) electrons. The quantitative estimate of drug-likeness (QED) is 0.376. The van der Waals surface area contributed by atoms with Crippen LogP contribution in [-0.2, 0) is 14.3 Å². The fraction of sp³-hybridized carbons (Fsp3) is 0.682. The maximum Gasteiger partial charge on any atom is 0.303 e. The molecule has 3 unspecified atom stereocenters. The molecule has 1 aliphatic heterocycles. The molecule has 3 atom stereocenters. The first kappa shape index (κ1) is 20.0. The Morgan fingerprint density at radius 1 is 1.28 bits per heavy atom. The number of hydrogen-bond donors (Lipinski definition) is 0. The highest BCUT2D eigenvalue weighted by Crippen LogP contribution is 2.44. The van der Waals surface area contributed by atoms with Gasteiger partial charge in [-0.1, -0.05) is 43.2 Å². The van der Waals surface area contributed by atoms with Gasteiger partial charge in [-0.2, -0.15) is 0 Å². The molecule has 2 rings (SSSR count). The number of hydrogen-bond acceptors (Lipinski definition) is 3. The van der Waals surface area contributed by atoms with E-state index in [0.29, 0.717) is 12.0 Å². The number of fused-ring (bicyclic) bond motifs is 1. The van der Waals surface area contributed by atoms with Crippen molar-refractivity contribution in [1.82, 2.24) is 0 Å². The lowest BCUT2D eigenvalue weighted by molar-refractivity contribution is -0.144. The smallest absolute Gasteiger partial charge is 0.303 e. The molecule has 0 spiro atoms. The summed E-state index contributed by atoms with van der Waals surface area (Å²) in [5.41, 5.74) is 3.93. The number of allylic oxidation sites excluding steroid dienone is 4. The second-order valence-corrected chi connectivity index (χ2v) is 8.15. The highest BCUT2D eigenvalue weighted by Gasteiger charge is 2.50. The summed E-state index contributed by atoms with van der Waals surface area (Å²) in [4.78, 5) is 11.5. The molecular weight excluding hydrogens is 312 g/mol. The van der Waals surface area contributed by atoms with E-state index in [9.17, 15) is 4.79 Å². The molecule has 2 aliphatic rings. The number of rotatable bonds is 2. The van der Waals surface area contributed by atoms with E-state index in [-0.39, 0.29) is 17.7 Å². The van der Waals surface area contributed by atoms with E-state index in [1.54, 1.807) is 0 Å². The van der Waals surface area contributed by atoms with Gasteiger partial charge < -0.3 is 9.47 Å². The lowest BCUT2D eigenvalue weighted by Crippen LogP contribution is -2.17. The molecule has 3 heteroatoms. The van der Waals surface area contributed by atoms with E-state index < -0.39 is 0 Å². The van der Waals surface area contributed by atoms with Crippen molar-refractivity contribution in [3.63, 3.8) is 0 Å². The molecule has 0 saturated carbocycles. The number of carbonyl (C=O) groups is 1. The summed E-state index contributed by atoms with van der Waals surface area (Å²) in [6.07, 6.45) is 11.8. The molecule has 0 bridgehead atoms. The third-order valence-electron chi connectivity index (χ3n) is 5.54. The molecule has 0 N–H and O–H groups in total. The molecule has 25 heavy (non-hydrogen) atoms.